The van der Waals surface area contributed by atoms with Crippen molar-refractivity contribution >= 4 is 17.0 Å². The van der Waals surface area contributed by atoms with Gasteiger partial charge in [-0.2, -0.15) is 5.10 Å². The van der Waals surface area contributed by atoms with Gasteiger partial charge in [-0.3, -0.25) is 9.48 Å². The van der Waals surface area contributed by atoms with Crippen molar-refractivity contribution < 1.29 is 18.7 Å². The second-order valence-corrected chi connectivity index (χ2v) is 7.35. The van der Waals surface area contributed by atoms with Crippen molar-refractivity contribution in [1.82, 2.24) is 19.7 Å². The SMILES string of the molecule is CCc1nn(Cc2ccc(-c3nc4c(F)c(F)ccc4[nH]3)cc2)c(CC)c1CC(=O)O. The van der Waals surface area contributed by atoms with E-state index in [1.54, 1.807) is 0 Å². The number of aromatic nitrogens is 4. The molecule has 0 aliphatic rings. The molecule has 0 amide bonds. The molecular weight excluding hydrogens is 402 g/mol. The number of imidazole rings is 1. The summed E-state index contributed by atoms with van der Waals surface area (Å²) in [7, 11) is 0. The number of H-pyrrole nitrogens is 1. The van der Waals surface area contributed by atoms with Crippen LogP contribution in [-0.2, 0) is 30.6 Å². The predicted octanol–water partition coefficient (Wildman–Crippen LogP) is 4.50. The van der Waals surface area contributed by atoms with Gasteiger partial charge in [0.15, 0.2) is 11.6 Å². The quantitative estimate of drug-likeness (QED) is 0.457. The Hall–Kier alpha value is -3.55. The molecule has 0 aliphatic heterocycles. The molecule has 8 heteroatoms. The van der Waals surface area contributed by atoms with Gasteiger partial charge in [0.25, 0.3) is 0 Å². The van der Waals surface area contributed by atoms with E-state index in [1.165, 1.54) is 6.07 Å². The van der Waals surface area contributed by atoms with Crippen LogP contribution in [0.25, 0.3) is 22.4 Å². The molecule has 4 aromatic rings. The number of hydrogen-bond acceptors (Lipinski definition) is 3. The smallest absolute Gasteiger partial charge is 0.307 e. The van der Waals surface area contributed by atoms with Gasteiger partial charge in [0, 0.05) is 16.8 Å². The van der Waals surface area contributed by atoms with Crippen molar-refractivity contribution in [1.29, 1.82) is 0 Å². The minimum Gasteiger partial charge on any atom is -0.481 e. The molecule has 31 heavy (non-hydrogen) atoms. The van der Waals surface area contributed by atoms with E-state index in [2.05, 4.69) is 15.1 Å². The molecule has 0 spiro atoms. The first-order valence-corrected chi connectivity index (χ1v) is 10.1. The zero-order valence-corrected chi connectivity index (χ0v) is 17.2. The highest BCUT2D eigenvalue weighted by atomic mass is 19.2. The number of aliphatic carboxylic acids is 1. The summed E-state index contributed by atoms with van der Waals surface area (Å²) in [5.74, 6) is -2.31. The van der Waals surface area contributed by atoms with Crippen LogP contribution in [0.5, 0.6) is 0 Å². The normalized spacial score (nSPS) is 11.4. The minimum absolute atomic E-state index is 0.0266. The van der Waals surface area contributed by atoms with E-state index in [4.69, 9.17) is 0 Å². The highest BCUT2D eigenvalue weighted by molar-refractivity contribution is 5.80. The number of benzene rings is 2. The van der Waals surface area contributed by atoms with Gasteiger partial charge in [-0.15, -0.1) is 0 Å². The first-order chi connectivity index (χ1) is 14.9. The van der Waals surface area contributed by atoms with E-state index in [0.717, 1.165) is 34.1 Å². The van der Waals surface area contributed by atoms with E-state index in [9.17, 15) is 18.7 Å². The van der Waals surface area contributed by atoms with Crippen molar-refractivity contribution in [3.63, 3.8) is 0 Å². The Morgan fingerprint density at radius 1 is 1.10 bits per heavy atom. The molecule has 0 fully saturated rings. The largest absolute Gasteiger partial charge is 0.481 e. The topological polar surface area (TPSA) is 83.8 Å². The van der Waals surface area contributed by atoms with Gasteiger partial charge in [0.1, 0.15) is 11.3 Å². The summed E-state index contributed by atoms with van der Waals surface area (Å²) in [5.41, 5.74) is 4.67. The maximum atomic E-state index is 13.9. The van der Waals surface area contributed by atoms with Crippen LogP contribution in [0, 0.1) is 11.6 Å². The number of carboxylic acids is 1. The number of carboxylic acid groups (broad SMARTS) is 1. The molecule has 6 nitrogen and oxygen atoms in total. The standard InChI is InChI=1S/C23H22F2N4O2/c1-3-17-15(11-20(30)31)19(4-2)29(28-17)12-13-5-7-14(8-6-13)23-26-18-10-9-16(24)21(25)22(18)27-23/h5-10H,3-4,11-12H2,1-2H3,(H,26,27)(H,30,31). The Kier molecular flexibility index (Phi) is 5.54. The summed E-state index contributed by atoms with van der Waals surface area (Å²) in [6, 6.07) is 10.1. The maximum Gasteiger partial charge on any atom is 0.307 e. The average Bonchev–Trinajstić information content (AvgIpc) is 3.33. The number of nitrogens with zero attached hydrogens (tertiary/aromatic N) is 3. The predicted molar refractivity (Wildman–Crippen MR) is 113 cm³/mol. The molecule has 2 heterocycles. The van der Waals surface area contributed by atoms with E-state index in [-0.39, 0.29) is 11.9 Å². The van der Waals surface area contributed by atoms with Crippen molar-refractivity contribution in [2.45, 2.75) is 39.7 Å². The molecule has 0 saturated heterocycles. The van der Waals surface area contributed by atoms with Crippen molar-refractivity contribution in [3.8, 4) is 11.4 Å². The maximum absolute atomic E-state index is 13.9. The van der Waals surface area contributed by atoms with Crippen molar-refractivity contribution in [2.24, 2.45) is 0 Å². The van der Waals surface area contributed by atoms with Crippen molar-refractivity contribution in [2.75, 3.05) is 0 Å². The average molecular weight is 424 g/mol. The van der Waals surface area contributed by atoms with Gasteiger partial charge in [-0.05, 0) is 30.5 Å². The van der Waals surface area contributed by atoms with Crippen LogP contribution in [0.2, 0.25) is 0 Å². The lowest BCUT2D eigenvalue weighted by atomic mass is 10.1. The number of halogens is 2. The first-order valence-electron chi connectivity index (χ1n) is 10.1. The zero-order chi connectivity index (χ0) is 22.1. The van der Waals surface area contributed by atoms with Crippen LogP contribution in [0.15, 0.2) is 36.4 Å². The third-order valence-corrected chi connectivity index (χ3v) is 5.35. The van der Waals surface area contributed by atoms with Gasteiger partial charge in [-0.25, -0.2) is 13.8 Å². The fraction of sp³-hybridized carbons (Fsp3) is 0.261. The van der Waals surface area contributed by atoms with Gasteiger partial charge < -0.3 is 10.1 Å². The molecule has 0 unspecified atom stereocenters. The molecule has 0 bridgehead atoms. The van der Waals surface area contributed by atoms with Gasteiger partial charge >= 0.3 is 5.97 Å². The van der Waals surface area contributed by atoms with Crippen LogP contribution >= 0.6 is 0 Å². The Bertz CT molecular complexity index is 1260. The lowest BCUT2D eigenvalue weighted by molar-refractivity contribution is -0.136. The summed E-state index contributed by atoms with van der Waals surface area (Å²) in [6.07, 6.45) is 1.33. The van der Waals surface area contributed by atoms with E-state index < -0.39 is 17.6 Å². The number of fused-ring (bicyclic) bond motifs is 1. The van der Waals surface area contributed by atoms with E-state index >= 15 is 0 Å². The van der Waals surface area contributed by atoms with E-state index in [1.807, 2.05) is 42.8 Å². The summed E-state index contributed by atoms with van der Waals surface area (Å²) < 4.78 is 29.2. The molecule has 0 aliphatic carbocycles. The first kappa shape index (κ1) is 20.7. The monoisotopic (exact) mass is 424 g/mol. The fourth-order valence-corrected chi connectivity index (χ4v) is 3.85. The summed E-state index contributed by atoms with van der Waals surface area (Å²) in [5, 5.41) is 13.9. The second-order valence-electron chi connectivity index (χ2n) is 7.35. The number of nitrogens with one attached hydrogen (secondary N) is 1. The van der Waals surface area contributed by atoms with Gasteiger partial charge in [0.2, 0.25) is 0 Å². The molecule has 2 aromatic heterocycles. The minimum atomic E-state index is -0.966. The number of aromatic amines is 1. The summed E-state index contributed by atoms with van der Waals surface area (Å²) in [4.78, 5) is 18.5. The second kappa shape index (κ2) is 8.29. The summed E-state index contributed by atoms with van der Waals surface area (Å²) in [6.45, 7) is 4.47. The van der Waals surface area contributed by atoms with Crippen LogP contribution in [0.4, 0.5) is 8.78 Å². The molecule has 0 saturated carbocycles. The zero-order valence-electron chi connectivity index (χ0n) is 17.2. The fourth-order valence-electron chi connectivity index (χ4n) is 3.85. The number of carbonyl (C=O) groups is 1. The van der Waals surface area contributed by atoms with Crippen molar-refractivity contribution in [3.05, 3.63) is 70.5 Å². The number of hydrogen-bond donors (Lipinski definition) is 2. The lowest BCUT2D eigenvalue weighted by Crippen LogP contribution is -2.08. The van der Waals surface area contributed by atoms with Gasteiger partial charge in [-0.1, -0.05) is 38.1 Å². The molecule has 0 atom stereocenters. The Labute approximate surface area is 177 Å². The molecular formula is C23H22F2N4O2. The molecule has 0 radical (unpaired) electrons. The van der Waals surface area contributed by atoms with E-state index in [0.29, 0.717) is 30.7 Å². The Morgan fingerprint density at radius 3 is 2.48 bits per heavy atom. The Balaban J connectivity index is 1.62. The van der Waals surface area contributed by atoms with Crippen LogP contribution in [0.3, 0.4) is 0 Å². The highest BCUT2D eigenvalue weighted by Crippen LogP contribution is 2.25. The third kappa shape index (κ3) is 3.93. The molecule has 2 aromatic carbocycles. The summed E-state index contributed by atoms with van der Waals surface area (Å²) >= 11 is 0. The number of aryl methyl sites for hydroxylation is 1. The lowest BCUT2D eigenvalue weighted by Gasteiger charge is -2.08. The van der Waals surface area contributed by atoms with Crippen LogP contribution < -0.4 is 0 Å². The van der Waals surface area contributed by atoms with Crippen LogP contribution in [-0.4, -0.2) is 30.8 Å². The Morgan fingerprint density at radius 2 is 1.84 bits per heavy atom. The highest BCUT2D eigenvalue weighted by Gasteiger charge is 2.18. The van der Waals surface area contributed by atoms with Crippen LogP contribution in [0.1, 0.15) is 36.4 Å². The molecule has 160 valence electrons. The molecule has 4 rings (SSSR count). The van der Waals surface area contributed by atoms with Gasteiger partial charge in [0.05, 0.1) is 24.2 Å². The number of rotatable bonds is 7. The molecule has 2 N–H and O–H groups in total. The third-order valence-electron chi connectivity index (χ3n) is 5.35.